The van der Waals surface area contributed by atoms with E-state index < -0.39 is 68.7 Å². The Kier molecular flexibility index (Phi) is 14.4. The Hall–Kier alpha value is -3.25. The zero-order valence-corrected chi connectivity index (χ0v) is 27.5. The summed E-state index contributed by atoms with van der Waals surface area (Å²) in [5, 5.41) is 19.7. The van der Waals surface area contributed by atoms with Gasteiger partial charge in [-0.1, -0.05) is 65.0 Å². The van der Waals surface area contributed by atoms with Crippen molar-refractivity contribution < 1.29 is 33.5 Å². The molecule has 0 saturated carbocycles. The summed E-state index contributed by atoms with van der Waals surface area (Å²) < 4.78 is 5.91. The van der Waals surface area contributed by atoms with Crippen molar-refractivity contribution in [3.05, 3.63) is 35.9 Å². The normalized spacial score (nSPS) is 14.6. The van der Waals surface area contributed by atoms with Crippen LogP contribution in [0.1, 0.15) is 66.9 Å². The molecule has 1 rings (SSSR count). The third kappa shape index (κ3) is 13.2. The molecule has 4 amide bonds. The van der Waals surface area contributed by atoms with Crippen molar-refractivity contribution in [1.82, 2.24) is 21.3 Å². The van der Waals surface area contributed by atoms with Crippen LogP contribution in [0.5, 0.6) is 0 Å². The first-order chi connectivity index (χ1) is 19.3. The Labute approximate surface area is 251 Å². The highest BCUT2D eigenvalue weighted by molar-refractivity contribution is 6.75. The van der Waals surface area contributed by atoms with Crippen LogP contribution in [-0.2, 0) is 34.8 Å². The number of hydrogen-bond donors (Lipinski definition) is 5. The maximum absolute atomic E-state index is 13.0. The quantitative estimate of drug-likeness (QED) is 0.191. The number of nitrogens with one attached hydrogen (secondary N) is 4. The Morgan fingerprint density at radius 1 is 0.857 bits per heavy atom. The zero-order chi connectivity index (χ0) is 32.3. The van der Waals surface area contributed by atoms with Crippen LogP contribution in [0.4, 0.5) is 0 Å². The Morgan fingerprint density at radius 3 is 1.98 bits per heavy atom. The van der Waals surface area contributed by atoms with Crippen LogP contribution in [0.25, 0.3) is 0 Å². The third-order valence-corrected chi connectivity index (χ3v) is 11.4. The molecule has 0 aromatic heterocycles. The minimum Gasteiger partial charge on any atom is -0.518 e. The predicted octanol–water partition coefficient (Wildman–Crippen LogP) is 2.19. The maximum atomic E-state index is 13.0. The van der Waals surface area contributed by atoms with Gasteiger partial charge in [-0.3, -0.25) is 24.0 Å². The fourth-order valence-electron chi connectivity index (χ4n) is 3.69. The molecule has 0 spiro atoms. The van der Waals surface area contributed by atoms with Gasteiger partial charge in [-0.25, -0.2) is 0 Å². The van der Waals surface area contributed by atoms with E-state index in [0.717, 1.165) is 5.56 Å². The van der Waals surface area contributed by atoms with E-state index in [1.165, 1.54) is 13.8 Å². The molecule has 0 aliphatic carbocycles. The van der Waals surface area contributed by atoms with Crippen molar-refractivity contribution >= 4 is 37.9 Å². The summed E-state index contributed by atoms with van der Waals surface area (Å²) in [7, 11) is -2.41. The van der Waals surface area contributed by atoms with E-state index in [1.807, 2.05) is 65.9 Å². The highest BCUT2D eigenvalue weighted by Gasteiger charge is 2.42. The number of aliphatic hydroxyl groups excluding tert-OH is 1. The standard InChI is InChI=1S/C30H50N4O7Si/c1-19(2)15-24(29(40)41-42(8,9)30(5,6)7)34-27(38)21(4)32-26(37)18-31-28(39)23(33-25(36)16-20(3)35)17-22-13-11-10-12-14-22/h10-14,19-21,23-24,35H,15-18H2,1-9H3,(H,31,39)(H,32,37)(H,33,36)(H,34,38)/t20?,21-,23-,24-/m0/s1. The first-order valence-electron chi connectivity index (χ1n) is 14.4. The molecule has 5 N–H and O–H groups in total. The molecular formula is C30H50N4O7Si. The molecule has 0 saturated heterocycles. The van der Waals surface area contributed by atoms with Gasteiger partial charge in [0.2, 0.25) is 23.6 Å². The highest BCUT2D eigenvalue weighted by atomic mass is 28.4. The average molecular weight is 607 g/mol. The lowest BCUT2D eigenvalue weighted by Crippen LogP contribution is -2.55. The molecule has 0 heterocycles. The van der Waals surface area contributed by atoms with Gasteiger partial charge in [-0.15, -0.1) is 0 Å². The van der Waals surface area contributed by atoms with E-state index in [9.17, 15) is 29.1 Å². The summed E-state index contributed by atoms with van der Waals surface area (Å²) in [6.45, 7) is 16.4. The molecule has 0 fully saturated rings. The van der Waals surface area contributed by atoms with Crippen molar-refractivity contribution in [2.75, 3.05) is 6.54 Å². The van der Waals surface area contributed by atoms with Crippen LogP contribution in [0, 0.1) is 5.92 Å². The molecule has 0 radical (unpaired) electrons. The molecule has 0 aliphatic heterocycles. The first kappa shape index (κ1) is 36.8. The molecular weight excluding hydrogens is 556 g/mol. The van der Waals surface area contributed by atoms with Gasteiger partial charge in [0.05, 0.1) is 19.1 Å². The van der Waals surface area contributed by atoms with E-state index >= 15 is 0 Å². The zero-order valence-electron chi connectivity index (χ0n) is 26.5. The van der Waals surface area contributed by atoms with E-state index in [1.54, 1.807) is 12.1 Å². The molecule has 1 unspecified atom stereocenters. The lowest BCUT2D eigenvalue weighted by atomic mass is 10.0. The van der Waals surface area contributed by atoms with Gasteiger partial charge in [0.1, 0.15) is 18.1 Å². The molecule has 1 aromatic rings. The predicted molar refractivity (Wildman–Crippen MR) is 164 cm³/mol. The summed E-state index contributed by atoms with van der Waals surface area (Å²) in [6.07, 6.45) is -0.495. The van der Waals surface area contributed by atoms with E-state index in [-0.39, 0.29) is 23.8 Å². The van der Waals surface area contributed by atoms with Crippen LogP contribution >= 0.6 is 0 Å². The Balaban J connectivity index is 2.79. The average Bonchev–Trinajstić information content (AvgIpc) is 2.85. The van der Waals surface area contributed by atoms with Gasteiger partial charge in [-0.05, 0) is 49.9 Å². The number of aliphatic hydroxyl groups is 1. The monoisotopic (exact) mass is 606 g/mol. The van der Waals surface area contributed by atoms with Crippen LogP contribution in [0.15, 0.2) is 30.3 Å². The maximum Gasteiger partial charge on any atom is 0.315 e. The summed E-state index contributed by atoms with van der Waals surface area (Å²) >= 11 is 0. The van der Waals surface area contributed by atoms with Gasteiger partial charge in [0.25, 0.3) is 8.32 Å². The van der Waals surface area contributed by atoms with Crippen molar-refractivity contribution in [2.45, 2.75) is 110 Å². The van der Waals surface area contributed by atoms with E-state index in [0.29, 0.717) is 6.42 Å². The SMILES string of the molecule is CC(C)C[C@H](NC(=O)[C@H](C)NC(=O)CNC(=O)[C@H](Cc1ccccc1)NC(=O)CC(C)O)C(=O)O[Si](C)(C)C(C)(C)C. The van der Waals surface area contributed by atoms with Crippen LogP contribution < -0.4 is 21.3 Å². The second-order valence-electron chi connectivity index (χ2n) is 12.7. The van der Waals surface area contributed by atoms with Gasteiger partial charge in [0, 0.05) is 6.42 Å². The van der Waals surface area contributed by atoms with Gasteiger partial charge < -0.3 is 30.8 Å². The molecule has 0 bridgehead atoms. The van der Waals surface area contributed by atoms with E-state index in [4.69, 9.17) is 4.43 Å². The number of amides is 4. The Bertz CT molecular complexity index is 1070. The van der Waals surface area contributed by atoms with E-state index in [2.05, 4.69) is 21.3 Å². The van der Waals surface area contributed by atoms with Gasteiger partial charge in [-0.2, -0.15) is 0 Å². The Morgan fingerprint density at radius 2 is 1.45 bits per heavy atom. The minimum atomic E-state index is -2.41. The van der Waals surface area contributed by atoms with Gasteiger partial charge >= 0.3 is 5.97 Å². The summed E-state index contributed by atoms with van der Waals surface area (Å²) in [5.74, 6) is -2.65. The number of carbonyl (C=O) groups excluding carboxylic acids is 5. The lowest BCUT2D eigenvalue weighted by molar-refractivity contribution is -0.141. The summed E-state index contributed by atoms with van der Waals surface area (Å²) in [5.41, 5.74) is 0.799. The molecule has 4 atom stereocenters. The third-order valence-electron chi connectivity index (χ3n) is 7.08. The number of benzene rings is 1. The number of carbonyl (C=O) groups is 5. The highest BCUT2D eigenvalue weighted by Crippen LogP contribution is 2.36. The fraction of sp³-hybridized carbons (Fsp3) is 0.633. The number of hydrogen-bond acceptors (Lipinski definition) is 7. The van der Waals surface area contributed by atoms with Crippen LogP contribution in [0.3, 0.4) is 0 Å². The van der Waals surface area contributed by atoms with Crippen LogP contribution in [-0.4, -0.2) is 73.8 Å². The van der Waals surface area contributed by atoms with Crippen molar-refractivity contribution in [2.24, 2.45) is 5.92 Å². The molecule has 11 nitrogen and oxygen atoms in total. The van der Waals surface area contributed by atoms with Crippen molar-refractivity contribution in [3.8, 4) is 0 Å². The van der Waals surface area contributed by atoms with Crippen molar-refractivity contribution in [1.29, 1.82) is 0 Å². The molecule has 236 valence electrons. The second-order valence-corrected chi connectivity index (χ2v) is 17.5. The summed E-state index contributed by atoms with van der Waals surface area (Å²) in [4.78, 5) is 63.7. The number of rotatable bonds is 15. The first-order valence-corrected chi connectivity index (χ1v) is 17.3. The molecule has 12 heteroatoms. The fourth-order valence-corrected chi connectivity index (χ4v) is 4.64. The minimum absolute atomic E-state index is 0.104. The van der Waals surface area contributed by atoms with Crippen molar-refractivity contribution in [3.63, 3.8) is 0 Å². The van der Waals surface area contributed by atoms with Crippen LogP contribution in [0.2, 0.25) is 18.1 Å². The summed E-state index contributed by atoms with van der Waals surface area (Å²) in [6, 6.07) is 6.22. The topological polar surface area (TPSA) is 163 Å². The molecule has 0 aliphatic rings. The second kappa shape index (κ2) is 16.4. The molecule has 42 heavy (non-hydrogen) atoms. The van der Waals surface area contributed by atoms with Gasteiger partial charge in [0.15, 0.2) is 0 Å². The smallest absolute Gasteiger partial charge is 0.315 e. The largest absolute Gasteiger partial charge is 0.518 e. The lowest BCUT2D eigenvalue weighted by Gasteiger charge is -2.37. The molecule has 1 aromatic carbocycles.